The molecule has 0 saturated heterocycles. The predicted molar refractivity (Wildman–Crippen MR) is 58.4 cm³/mol. The van der Waals surface area contributed by atoms with Crippen LogP contribution in [0.1, 0.15) is 40.5 Å². The van der Waals surface area contributed by atoms with Crippen LogP contribution in [0.4, 0.5) is 0 Å². The average molecular weight is 201 g/mol. The van der Waals surface area contributed by atoms with E-state index in [1.807, 2.05) is 0 Å². The van der Waals surface area contributed by atoms with E-state index in [0.29, 0.717) is 6.54 Å². The standard InChI is InChI=1S/C11H23NO2/c1-5-6-11(3,4)8-12-7-9(2)10(13)14/h9,12H,5-8H2,1-4H3,(H,13,14). The average Bonchev–Trinajstić information content (AvgIpc) is 2.03. The number of carboxylic acid groups (broad SMARTS) is 1. The van der Waals surface area contributed by atoms with Crippen molar-refractivity contribution in [3.8, 4) is 0 Å². The van der Waals surface area contributed by atoms with E-state index in [9.17, 15) is 4.79 Å². The molecule has 3 nitrogen and oxygen atoms in total. The molecule has 0 aliphatic rings. The highest BCUT2D eigenvalue weighted by atomic mass is 16.4. The van der Waals surface area contributed by atoms with E-state index in [0.717, 1.165) is 6.54 Å². The fourth-order valence-electron chi connectivity index (χ4n) is 1.48. The number of nitrogens with one attached hydrogen (secondary N) is 1. The second-order valence-corrected chi connectivity index (χ2v) is 4.78. The number of aliphatic carboxylic acids is 1. The molecule has 0 aromatic rings. The molecular formula is C11H23NO2. The molecule has 0 aromatic carbocycles. The molecule has 1 unspecified atom stereocenters. The van der Waals surface area contributed by atoms with Gasteiger partial charge < -0.3 is 10.4 Å². The van der Waals surface area contributed by atoms with Crippen LogP contribution in [0.25, 0.3) is 0 Å². The lowest BCUT2D eigenvalue weighted by Crippen LogP contribution is -2.34. The lowest BCUT2D eigenvalue weighted by Gasteiger charge is -2.24. The summed E-state index contributed by atoms with van der Waals surface area (Å²) < 4.78 is 0. The summed E-state index contributed by atoms with van der Waals surface area (Å²) in [5.74, 6) is -1.03. The molecule has 0 amide bonds. The van der Waals surface area contributed by atoms with E-state index in [4.69, 9.17) is 5.11 Å². The van der Waals surface area contributed by atoms with Crippen molar-refractivity contribution >= 4 is 5.97 Å². The van der Waals surface area contributed by atoms with Gasteiger partial charge in [-0.15, -0.1) is 0 Å². The third kappa shape index (κ3) is 5.97. The molecule has 0 aromatic heterocycles. The molecule has 3 heteroatoms. The smallest absolute Gasteiger partial charge is 0.307 e. The summed E-state index contributed by atoms with van der Waals surface area (Å²) in [4.78, 5) is 10.5. The summed E-state index contributed by atoms with van der Waals surface area (Å²) in [5.41, 5.74) is 0.271. The van der Waals surface area contributed by atoms with Crippen molar-refractivity contribution < 1.29 is 9.90 Å². The van der Waals surface area contributed by atoms with Crippen LogP contribution in [0.3, 0.4) is 0 Å². The molecule has 0 heterocycles. The Hall–Kier alpha value is -0.570. The Labute approximate surface area is 86.9 Å². The minimum absolute atomic E-state index is 0.271. The van der Waals surface area contributed by atoms with Crippen molar-refractivity contribution in [2.24, 2.45) is 11.3 Å². The molecule has 0 aliphatic carbocycles. The Morgan fingerprint density at radius 2 is 2.07 bits per heavy atom. The first-order chi connectivity index (χ1) is 6.39. The van der Waals surface area contributed by atoms with E-state index < -0.39 is 5.97 Å². The molecule has 0 radical (unpaired) electrons. The van der Waals surface area contributed by atoms with Gasteiger partial charge in [-0.25, -0.2) is 0 Å². The summed E-state index contributed by atoms with van der Waals surface area (Å²) in [6, 6.07) is 0. The molecule has 0 spiro atoms. The van der Waals surface area contributed by atoms with Crippen LogP contribution >= 0.6 is 0 Å². The number of carbonyl (C=O) groups is 1. The van der Waals surface area contributed by atoms with Gasteiger partial charge in [-0.1, -0.05) is 34.1 Å². The lowest BCUT2D eigenvalue weighted by atomic mass is 9.88. The molecule has 0 fully saturated rings. The minimum Gasteiger partial charge on any atom is -0.481 e. The zero-order valence-electron chi connectivity index (χ0n) is 9.76. The molecule has 14 heavy (non-hydrogen) atoms. The third-order valence-electron chi connectivity index (χ3n) is 2.40. The van der Waals surface area contributed by atoms with Gasteiger partial charge >= 0.3 is 5.97 Å². The molecule has 2 N–H and O–H groups in total. The summed E-state index contributed by atoms with van der Waals surface area (Å²) in [5, 5.41) is 11.9. The predicted octanol–water partition coefficient (Wildman–Crippen LogP) is 2.12. The van der Waals surface area contributed by atoms with Gasteiger partial charge in [0.15, 0.2) is 0 Å². The van der Waals surface area contributed by atoms with Crippen molar-refractivity contribution in [3.63, 3.8) is 0 Å². The second kappa shape index (κ2) is 6.02. The van der Waals surface area contributed by atoms with Crippen molar-refractivity contribution in [3.05, 3.63) is 0 Å². The van der Waals surface area contributed by atoms with Gasteiger partial charge in [-0.3, -0.25) is 4.79 Å². The Morgan fingerprint density at radius 3 is 2.50 bits per heavy atom. The fraction of sp³-hybridized carbons (Fsp3) is 0.909. The Morgan fingerprint density at radius 1 is 1.50 bits per heavy atom. The van der Waals surface area contributed by atoms with E-state index >= 15 is 0 Å². The summed E-state index contributed by atoms with van der Waals surface area (Å²) >= 11 is 0. The van der Waals surface area contributed by atoms with Crippen molar-refractivity contribution in [1.29, 1.82) is 0 Å². The van der Waals surface area contributed by atoms with E-state index in [1.165, 1.54) is 12.8 Å². The summed E-state index contributed by atoms with van der Waals surface area (Å²) in [7, 11) is 0. The van der Waals surface area contributed by atoms with E-state index in [1.54, 1.807) is 6.92 Å². The quantitative estimate of drug-likeness (QED) is 0.663. The molecule has 0 saturated carbocycles. The number of hydrogen-bond acceptors (Lipinski definition) is 2. The van der Waals surface area contributed by atoms with Crippen molar-refractivity contribution in [2.45, 2.75) is 40.5 Å². The van der Waals surface area contributed by atoms with Crippen LogP contribution < -0.4 is 5.32 Å². The maximum absolute atomic E-state index is 10.5. The highest BCUT2D eigenvalue weighted by Gasteiger charge is 2.17. The first kappa shape index (κ1) is 13.4. The number of hydrogen-bond donors (Lipinski definition) is 2. The fourth-order valence-corrected chi connectivity index (χ4v) is 1.48. The van der Waals surface area contributed by atoms with Crippen LogP contribution in [-0.4, -0.2) is 24.2 Å². The maximum Gasteiger partial charge on any atom is 0.307 e. The molecule has 0 bridgehead atoms. The van der Waals surface area contributed by atoms with Crippen LogP contribution in [0.15, 0.2) is 0 Å². The van der Waals surface area contributed by atoms with Gasteiger partial charge in [0.1, 0.15) is 0 Å². The largest absolute Gasteiger partial charge is 0.481 e. The van der Waals surface area contributed by atoms with Gasteiger partial charge in [0.25, 0.3) is 0 Å². The van der Waals surface area contributed by atoms with E-state index in [-0.39, 0.29) is 11.3 Å². The highest BCUT2D eigenvalue weighted by Crippen LogP contribution is 2.20. The normalized spacial score (nSPS) is 14.0. The second-order valence-electron chi connectivity index (χ2n) is 4.78. The zero-order valence-corrected chi connectivity index (χ0v) is 9.76. The molecule has 0 rings (SSSR count). The molecule has 84 valence electrons. The van der Waals surface area contributed by atoms with Gasteiger partial charge in [0.05, 0.1) is 5.92 Å². The number of carboxylic acids is 1. The summed E-state index contributed by atoms with van der Waals surface area (Å²) in [6.45, 7) is 9.74. The van der Waals surface area contributed by atoms with Crippen LogP contribution in [-0.2, 0) is 4.79 Å². The van der Waals surface area contributed by atoms with Gasteiger partial charge in [0, 0.05) is 13.1 Å². The Balaban J connectivity index is 3.67. The van der Waals surface area contributed by atoms with E-state index in [2.05, 4.69) is 26.1 Å². The van der Waals surface area contributed by atoms with Crippen molar-refractivity contribution in [1.82, 2.24) is 5.32 Å². The minimum atomic E-state index is -0.731. The SMILES string of the molecule is CCCC(C)(C)CNCC(C)C(=O)O. The van der Waals surface area contributed by atoms with Crippen LogP contribution in [0, 0.1) is 11.3 Å². The third-order valence-corrected chi connectivity index (χ3v) is 2.40. The Kier molecular flexibility index (Phi) is 5.77. The Bertz CT molecular complexity index is 178. The molecular weight excluding hydrogens is 178 g/mol. The summed E-state index contributed by atoms with van der Waals surface area (Å²) in [6.07, 6.45) is 2.34. The lowest BCUT2D eigenvalue weighted by molar-refractivity contribution is -0.140. The van der Waals surface area contributed by atoms with Gasteiger partial charge in [-0.2, -0.15) is 0 Å². The highest BCUT2D eigenvalue weighted by molar-refractivity contribution is 5.69. The molecule has 1 atom stereocenters. The molecule has 0 aliphatic heterocycles. The topological polar surface area (TPSA) is 49.3 Å². The first-order valence-corrected chi connectivity index (χ1v) is 5.32. The number of rotatable bonds is 7. The van der Waals surface area contributed by atoms with Crippen molar-refractivity contribution in [2.75, 3.05) is 13.1 Å². The zero-order chi connectivity index (χ0) is 11.2. The maximum atomic E-state index is 10.5. The van der Waals surface area contributed by atoms with Gasteiger partial charge in [-0.05, 0) is 11.8 Å². The van der Waals surface area contributed by atoms with Gasteiger partial charge in [0.2, 0.25) is 0 Å². The van der Waals surface area contributed by atoms with Crippen LogP contribution in [0.2, 0.25) is 0 Å². The van der Waals surface area contributed by atoms with Crippen LogP contribution in [0.5, 0.6) is 0 Å². The first-order valence-electron chi connectivity index (χ1n) is 5.32. The monoisotopic (exact) mass is 201 g/mol.